The molecule has 1 rings (SSSR count). The normalized spacial score (nSPS) is 11.8. The molecular formula is C10H12N2O4. The lowest BCUT2D eigenvalue weighted by molar-refractivity contribution is -0.148. The van der Waals surface area contributed by atoms with E-state index < -0.39 is 18.0 Å². The van der Waals surface area contributed by atoms with Gasteiger partial charge >= 0.3 is 5.97 Å². The molecule has 1 aromatic rings. The van der Waals surface area contributed by atoms with E-state index in [0.717, 1.165) is 0 Å². The lowest BCUT2D eigenvalue weighted by Gasteiger charge is -2.10. The number of hydrogen-bond donors (Lipinski definition) is 2. The number of nitrogens with one attached hydrogen (secondary N) is 1. The van der Waals surface area contributed by atoms with Crippen LogP contribution in [-0.4, -0.2) is 41.7 Å². The second-order valence-electron chi connectivity index (χ2n) is 2.99. The Morgan fingerprint density at radius 3 is 2.81 bits per heavy atom. The SMILES string of the molecule is COC(CNC(=O)c1ccccn1)C(=O)O. The number of hydrogen-bond acceptors (Lipinski definition) is 4. The molecule has 6 nitrogen and oxygen atoms in total. The van der Waals surface area contributed by atoms with E-state index in [9.17, 15) is 9.59 Å². The smallest absolute Gasteiger partial charge is 0.334 e. The van der Waals surface area contributed by atoms with Crippen LogP contribution in [0.3, 0.4) is 0 Å². The van der Waals surface area contributed by atoms with Gasteiger partial charge < -0.3 is 15.2 Å². The molecule has 0 saturated heterocycles. The third-order valence-corrected chi connectivity index (χ3v) is 1.91. The summed E-state index contributed by atoms with van der Waals surface area (Å²) in [5.74, 6) is -1.55. The standard InChI is InChI=1S/C10H12N2O4/c1-16-8(10(14)15)6-12-9(13)7-4-2-3-5-11-7/h2-5,8H,6H2,1H3,(H,12,13)(H,14,15). The molecule has 1 aromatic heterocycles. The first-order valence-corrected chi connectivity index (χ1v) is 4.60. The van der Waals surface area contributed by atoms with Gasteiger partial charge in [0.05, 0.1) is 6.54 Å². The Balaban J connectivity index is 2.50. The van der Waals surface area contributed by atoms with E-state index in [1.807, 2.05) is 0 Å². The van der Waals surface area contributed by atoms with Crippen LogP contribution in [0.4, 0.5) is 0 Å². The minimum atomic E-state index is -1.12. The Bertz CT molecular complexity index is 366. The number of rotatable bonds is 5. The van der Waals surface area contributed by atoms with Crippen LogP contribution >= 0.6 is 0 Å². The van der Waals surface area contributed by atoms with Crippen molar-refractivity contribution in [2.24, 2.45) is 0 Å². The molecule has 1 atom stereocenters. The first kappa shape index (κ1) is 12.1. The number of carboxylic acids is 1. The number of carbonyl (C=O) groups excluding carboxylic acids is 1. The summed E-state index contributed by atoms with van der Waals surface area (Å²) in [6.07, 6.45) is 0.438. The van der Waals surface area contributed by atoms with Crippen molar-refractivity contribution in [1.29, 1.82) is 0 Å². The van der Waals surface area contributed by atoms with E-state index in [2.05, 4.69) is 15.0 Å². The van der Waals surface area contributed by atoms with Crippen molar-refractivity contribution in [2.75, 3.05) is 13.7 Å². The van der Waals surface area contributed by atoms with Gasteiger partial charge in [-0.2, -0.15) is 0 Å². The van der Waals surface area contributed by atoms with Crippen molar-refractivity contribution in [2.45, 2.75) is 6.10 Å². The largest absolute Gasteiger partial charge is 0.479 e. The van der Waals surface area contributed by atoms with Gasteiger partial charge in [0.1, 0.15) is 5.69 Å². The maximum atomic E-state index is 11.5. The highest BCUT2D eigenvalue weighted by atomic mass is 16.5. The Kier molecular flexibility index (Phi) is 4.41. The van der Waals surface area contributed by atoms with Crippen molar-refractivity contribution in [3.63, 3.8) is 0 Å². The van der Waals surface area contributed by atoms with Crippen molar-refractivity contribution >= 4 is 11.9 Å². The van der Waals surface area contributed by atoms with E-state index >= 15 is 0 Å². The lowest BCUT2D eigenvalue weighted by Crippen LogP contribution is -2.38. The van der Waals surface area contributed by atoms with E-state index in [1.165, 1.54) is 19.4 Å². The number of carboxylic acid groups (broad SMARTS) is 1. The van der Waals surface area contributed by atoms with Gasteiger partial charge in [0, 0.05) is 13.3 Å². The zero-order chi connectivity index (χ0) is 12.0. The number of ether oxygens (including phenoxy) is 1. The van der Waals surface area contributed by atoms with Gasteiger partial charge in [-0.3, -0.25) is 9.78 Å². The molecule has 0 saturated carbocycles. The topological polar surface area (TPSA) is 88.5 Å². The molecule has 1 unspecified atom stereocenters. The maximum absolute atomic E-state index is 11.5. The van der Waals surface area contributed by atoms with Crippen molar-refractivity contribution in [1.82, 2.24) is 10.3 Å². The number of methoxy groups -OCH3 is 1. The summed E-state index contributed by atoms with van der Waals surface area (Å²) < 4.78 is 4.66. The van der Waals surface area contributed by atoms with Crippen LogP contribution in [-0.2, 0) is 9.53 Å². The fourth-order valence-electron chi connectivity index (χ4n) is 1.04. The molecule has 1 amide bonds. The molecular weight excluding hydrogens is 212 g/mol. The van der Waals surface area contributed by atoms with E-state index in [4.69, 9.17) is 5.11 Å². The van der Waals surface area contributed by atoms with Gasteiger partial charge in [-0.15, -0.1) is 0 Å². The average molecular weight is 224 g/mol. The number of aromatic nitrogens is 1. The van der Waals surface area contributed by atoms with Gasteiger partial charge in [-0.05, 0) is 12.1 Å². The molecule has 86 valence electrons. The predicted molar refractivity (Wildman–Crippen MR) is 55.0 cm³/mol. The second kappa shape index (κ2) is 5.82. The van der Waals surface area contributed by atoms with Crippen LogP contribution in [0, 0.1) is 0 Å². The Morgan fingerprint density at radius 2 is 2.31 bits per heavy atom. The Labute approximate surface area is 92.3 Å². The molecule has 0 aliphatic rings. The van der Waals surface area contributed by atoms with Crippen LogP contribution in [0.5, 0.6) is 0 Å². The summed E-state index contributed by atoms with van der Waals surface area (Å²) in [4.78, 5) is 25.9. The first-order valence-electron chi connectivity index (χ1n) is 4.60. The summed E-state index contributed by atoms with van der Waals surface area (Å²) in [5.41, 5.74) is 0.239. The maximum Gasteiger partial charge on any atom is 0.334 e. The highest BCUT2D eigenvalue weighted by Crippen LogP contribution is 1.94. The fraction of sp³-hybridized carbons (Fsp3) is 0.300. The summed E-state index contributed by atoms with van der Waals surface area (Å²) in [6.45, 7) is -0.0960. The van der Waals surface area contributed by atoms with Gasteiger partial charge in [0.2, 0.25) is 0 Å². The minimum absolute atomic E-state index is 0.0960. The highest BCUT2D eigenvalue weighted by molar-refractivity contribution is 5.92. The van der Waals surface area contributed by atoms with Crippen LogP contribution in [0.15, 0.2) is 24.4 Å². The predicted octanol–water partition coefficient (Wildman–Crippen LogP) is -0.0890. The molecule has 0 aromatic carbocycles. The number of amides is 1. The van der Waals surface area contributed by atoms with E-state index in [-0.39, 0.29) is 12.2 Å². The summed E-state index contributed by atoms with van der Waals surface area (Å²) in [7, 11) is 1.27. The Hall–Kier alpha value is -1.95. The van der Waals surface area contributed by atoms with Crippen LogP contribution < -0.4 is 5.32 Å². The summed E-state index contributed by atoms with van der Waals surface area (Å²) in [5, 5.41) is 11.1. The molecule has 0 aliphatic carbocycles. The molecule has 1 heterocycles. The Morgan fingerprint density at radius 1 is 1.56 bits per heavy atom. The van der Waals surface area contributed by atoms with Gasteiger partial charge in [0.15, 0.2) is 6.10 Å². The molecule has 0 spiro atoms. The monoisotopic (exact) mass is 224 g/mol. The number of aliphatic carboxylic acids is 1. The van der Waals surface area contributed by atoms with E-state index in [1.54, 1.807) is 12.1 Å². The molecule has 0 bridgehead atoms. The van der Waals surface area contributed by atoms with Crippen LogP contribution in [0.2, 0.25) is 0 Å². The van der Waals surface area contributed by atoms with Crippen LogP contribution in [0.25, 0.3) is 0 Å². The fourth-order valence-corrected chi connectivity index (χ4v) is 1.04. The molecule has 0 aliphatic heterocycles. The third kappa shape index (κ3) is 3.32. The molecule has 16 heavy (non-hydrogen) atoms. The van der Waals surface area contributed by atoms with E-state index in [0.29, 0.717) is 0 Å². The molecule has 0 fully saturated rings. The third-order valence-electron chi connectivity index (χ3n) is 1.91. The molecule has 2 N–H and O–H groups in total. The summed E-state index contributed by atoms with van der Waals surface area (Å²) in [6, 6.07) is 4.90. The lowest BCUT2D eigenvalue weighted by atomic mass is 10.3. The van der Waals surface area contributed by atoms with Gasteiger partial charge in [-0.1, -0.05) is 6.07 Å². The molecule has 0 radical (unpaired) electrons. The average Bonchev–Trinajstić information content (AvgIpc) is 2.30. The first-order chi connectivity index (χ1) is 7.65. The highest BCUT2D eigenvalue weighted by Gasteiger charge is 2.17. The number of nitrogens with zero attached hydrogens (tertiary/aromatic N) is 1. The van der Waals surface area contributed by atoms with Crippen LogP contribution in [0.1, 0.15) is 10.5 Å². The zero-order valence-corrected chi connectivity index (χ0v) is 8.71. The second-order valence-corrected chi connectivity index (χ2v) is 2.99. The quantitative estimate of drug-likeness (QED) is 0.729. The number of carbonyl (C=O) groups is 2. The minimum Gasteiger partial charge on any atom is -0.479 e. The zero-order valence-electron chi connectivity index (χ0n) is 8.71. The van der Waals surface area contributed by atoms with Gasteiger partial charge in [0.25, 0.3) is 5.91 Å². The van der Waals surface area contributed by atoms with Crippen molar-refractivity contribution in [3.8, 4) is 0 Å². The number of pyridine rings is 1. The summed E-state index contributed by atoms with van der Waals surface area (Å²) >= 11 is 0. The van der Waals surface area contributed by atoms with Crippen molar-refractivity contribution < 1.29 is 19.4 Å². The van der Waals surface area contributed by atoms with Gasteiger partial charge in [-0.25, -0.2) is 4.79 Å². The van der Waals surface area contributed by atoms with Crippen molar-refractivity contribution in [3.05, 3.63) is 30.1 Å². The molecule has 6 heteroatoms.